The van der Waals surface area contributed by atoms with Crippen LogP contribution in [0.2, 0.25) is 0 Å². The fraction of sp³-hybridized carbons (Fsp3) is 1.00. The summed E-state index contributed by atoms with van der Waals surface area (Å²) in [4.78, 5) is 0. The summed E-state index contributed by atoms with van der Waals surface area (Å²) in [6.07, 6.45) is 15.9. The fourth-order valence-electron chi connectivity index (χ4n) is 3.26. The third-order valence-corrected chi connectivity index (χ3v) is 6.40. The molecule has 0 saturated carbocycles. The van der Waals surface area contributed by atoms with Gasteiger partial charge in [-0.1, -0.05) is 90.9 Å². The molecular weight excluding hydrogens is 336 g/mol. The van der Waals surface area contributed by atoms with Crippen molar-refractivity contribution >= 4 is 10.1 Å². The van der Waals surface area contributed by atoms with Crippen molar-refractivity contribution in [1.82, 2.24) is 0 Å². The second-order valence-corrected chi connectivity index (χ2v) is 9.15. The van der Waals surface area contributed by atoms with Gasteiger partial charge in [0, 0.05) is 0 Å². The van der Waals surface area contributed by atoms with E-state index in [0.29, 0.717) is 12.8 Å². The first-order valence-corrected chi connectivity index (χ1v) is 12.1. The van der Waals surface area contributed by atoms with Crippen LogP contribution in [0.25, 0.3) is 0 Å². The summed E-state index contributed by atoms with van der Waals surface area (Å²) in [7, 11) is -3.91. The van der Waals surface area contributed by atoms with E-state index in [4.69, 9.17) is 0 Å². The number of hydrogen-bond donors (Lipinski definition) is 2. The van der Waals surface area contributed by atoms with E-state index in [9.17, 15) is 18.1 Å². The highest BCUT2D eigenvalue weighted by Crippen LogP contribution is 2.19. The zero-order valence-electron chi connectivity index (χ0n) is 16.6. The Labute approximate surface area is 156 Å². The second kappa shape index (κ2) is 16.1. The number of aliphatic hydroxyl groups excluding tert-OH is 1. The molecule has 0 aliphatic heterocycles. The minimum Gasteiger partial charge on any atom is -0.393 e. The highest BCUT2D eigenvalue weighted by atomic mass is 32.2. The average Bonchev–Trinajstić information content (AvgIpc) is 2.56. The Kier molecular flexibility index (Phi) is 16.0. The maximum Gasteiger partial charge on any atom is 0.267 e. The fourth-order valence-corrected chi connectivity index (χ4v) is 4.19. The minimum atomic E-state index is -3.91. The Morgan fingerprint density at radius 3 is 1.48 bits per heavy atom. The Bertz CT molecular complexity index is 381. The van der Waals surface area contributed by atoms with Gasteiger partial charge < -0.3 is 5.11 Å². The molecule has 0 radical (unpaired) electrons. The van der Waals surface area contributed by atoms with Crippen LogP contribution in [0.15, 0.2) is 0 Å². The van der Waals surface area contributed by atoms with E-state index >= 15 is 0 Å². The number of rotatable bonds is 18. The molecule has 5 heteroatoms. The van der Waals surface area contributed by atoms with Gasteiger partial charge in [0.25, 0.3) is 10.1 Å². The van der Waals surface area contributed by atoms with Gasteiger partial charge in [0.05, 0.1) is 11.4 Å². The van der Waals surface area contributed by atoms with Crippen LogP contribution < -0.4 is 0 Å². The van der Waals surface area contributed by atoms with Crippen molar-refractivity contribution in [2.24, 2.45) is 0 Å². The Morgan fingerprint density at radius 2 is 1.08 bits per heavy atom. The summed E-state index contributed by atoms with van der Waals surface area (Å²) in [5.41, 5.74) is 0. The highest BCUT2D eigenvalue weighted by molar-refractivity contribution is 7.86. The molecule has 0 saturated heterocycles. The molecule has 0 aliphatic carbocycles. The second-order valence-electron chi connectivity index (χ2n) is 7.45. The van der Waals surface area contributed by atoms with E-state index in [1.165, 1.54) is 32.1 Å². The van der Waals surface area contributed by atoms with Crippen molar-refractivity contribution < 1.29 is 18.1 Å². The zero-order valence-corrected chi connectivity index (χ0v) is 17.4. The summed E-state index contributed by atoms with van der Waals surface area (Å²) < 4.78 is 32.5. The Morgan fingerprint density at radius 1 is 0.680 bits per heavy atom. The summed E-state index contributed by atoms with van der Waals surface area (Å²) in [5, 5.41) is 8.91. The van der Waals surface area contributed by atoms with Crippen LogP contribution in [0.5, 0.6) is 0 Å². The lowest BCUT2D eigenvalue weighted by atomic mass is 10.0. The molecular formula is C20H42O4S. The third kappa shape index (κ3) is 15.8. The first-order valence-electron chi connectivity index (χ1n) is 10.6. The van der Waals surface area contributed by atoms with Gasteiger partial charge >= 0.3 is 0 Å². The Hall–Kier alpha value is -0.130. The van der Waals surface area contributed by atoms with Crippen LogP contribution in [-0.4, -0.2) is 29.4 Å². The van der Waals surface area contributed by atoms with E-state index in [2.05, 4.69) is 6.92 Å². The van der Waals surface area contributed by atoms with Gasteiger partial charge in [-0.3, -0.25) is 4.55 Å². The third-order valence-electron chi connectivity index (χ3n) is 5.09. The van der Waals surface area contributed by atoms with Crippen molar-refractivity contribution in [3.8, 4) is 0 Å². The summed E-state index contributed by atoms with van der Waals surface area (Å²) in [5.74, 6) is 0. The molecule has 4 nitrogen and oxygen atoms in total. The van der Waals surface area contributed by atoms with E-state index < -0.39 is 15.4 Å². The van der Waals surface area contributed by atoms with E-state index in [-0.39, 0.29) is 6.10 Å². The maximum absolute atomic E-state index is 11.5. The molecule has 152 valence electrons. The first-order chi connectivity index (χ1) is 11.9. The molecule has 0 bridgehead atoms. The van der Waals surface area contributed by atoms with Crippen LogP contribution in [0.4, 0.5) is 0 Å². The first kappa shape index (κ1) is 24.9. The van der Waals surface area contributed by atoms with Crippen molar-refractivity contribution in [2.45, 2.75) is 128 Å². The number of unbranched alkanes of at least 4 members (excludes halogenated alkanes) is 10. The molecule has 0 amide bonds. The van der Waals surface area contributed by atoms with E-state index in [1.54, 1.807) is 0 Å². The monoisotopic (exact) mass is 378 g/mol. The van der Waals surface area contributed by atoms with Gasteiger partial charge in [0.1, 0.15) is 0 Å². The van der Waals surface area contributed by atoms with Gasteiger partial charge in [-0.15, -0.1) is 0 Å². The SMILES string of the molecule is CCCCCCCCCC(CCCCCCCC(O)CC)S(=O)(=O)O. The molecule has 2 atom stereocenters. The number of hydrogen-bond acceptors (Lipinski definition) is 3. The van der Waals surface area contributed by atoms with Crippen LogP contribution in [0.1, 0.15) is 117 Å². The maximum atomic E-state index is 11.5. The largest absolute Gasteiger partial charge is 0.393 e. The molecule has 0 aromatic carbocycles. The highest BCUT2D eigenvalue weighted by Gasteiger charge is 2.21. The van der Waals surface area contributed by atoms with Crippen LogP contribution in [0, 0.1) is 0 Å². The molecule has 2 N–H and O–H groups in total. The van der Waals surface area contributed by atoms with Crippen LogP contribution >= 0.6 is 0 Å². The van der Waals surface area contributed by atoms with Crippen molar-refractivity contribution in [3.63, 3.8) is 0 Å². The van der Waals surface area contributed by atoms with Gasteiger partial charge in [-0.25, -0.2) is 0 Å². The Balaban J connectivity index is 3.76. The van der Waals surface area contributed by atoms with Gasteiger partial charge in [-0.05, 0) is 25.7 Å². The molecule has 0 aromatic heterocycles. The standard InChI is InChI=1S/C20H42O4S/c1-3-5-6-7-8-11-14-17-20(25(22,23)24)18-15-12-9-10-13-16-19(21)4-2/h19-21H,3-18H2,1-2H3,(H,22,23,24). The van der Waals surface area contributed by atoms with Crippen molar-refractivity contribution in [3.05, 3.63) is 0 Å². The van der Waals surface area contributed by atoms with Crippen LogP contribution in [0.3, 0.4) is 0 Å². The lowest BCUT2D eigenvalue weighted by Gasteiger charge is -2.14. The molecule has 0 fully saturated rings. The van der Waals surface area contributed by atoms with Gasteiger partial charge in [-0.2, -0.15) is 8.42 Å². The zero-order chi connectivity index (χ0) is 19.0. The van der Waals surface area contributed by atoms with Crippen molar-refractivity contribution in [2.75, 3.05) is 0 Å². The summed E-state index contributed by atoms with van der Waals surface area (Å²) in [6, 6.07) is 0. The van der Waals surface area contributed by atoms with Crippen molar-refractivity contribution in [1.29, 1.82) is 0 Å². The summed E-state index contributed by atoms with van der Waals surface area (Å²) in [6.45, 7) is 4.19. The summed E-state index contributed by atoms with van der Waals surface area (Å²) >= 11 is 0. The topological polar surface area (TPSA) is 74.6 Å². The van der Waals surface area contributed by atoms with Gasteiger partial charge in [0.15, 0.2) is 0 Å². The molecule has 0 aromatic rings. The molecule has 0 rings (SSSR count). The molecule has 25 heavy (non-hydrogen) atoms. The number of aliphatic hydroxyl groups is 1. The van der Waals surface area contributed by atoms with E-state index in [0.717, 1.165) is 57.8 Å². The quantitative estimate of drug-likeness (QED) is 0.230. The smallest absolute Gasteiger partial charge is 0.267 e. The lowest BCUT2D eigenvalue weighted by Crippen LogP contribution is -2.20. The lowest BCUT2D eigenvalue weighted by molar-refractivity contribution is 0.156. The van der Waals surface area contributed by atoms with Gasteiger partial charge in [0.2, 0.25) is 0 Å². The molecule has 0 heterocycles. The molecule has 2 unspecified atom stereocenters. The van der Waals surface area contributed by atoms with E-state index in [1.807, 2.05) is 6.92 Å². The normalized spacial score (nSPS) is 14.6. The minimum absolute atomic E-state index is 0.175. The van der Waals surface area contributed by atoms with Crippen LogP contribution in [-0.2, 0) is 10.1 Å². The molecule has 0 aliphatic rings. The predicted molar refractivity (Wildman–Crippen MR) is 107 cm³/mol. The predicted octanol–water partition coefficient (Wildman–Crippen LogP) is 5.89. The molecule has 0 spiro atoms. The average molecular weight is 379 g/mol.